The number of aryl methyl sites for hydroxylation is 1. The fourth-order valence-electron chi connectivity index (χ4n) is 2.96. The molecule has 0 bridgehead atoms. The van der Waals surface area contributed by atoms with Crippen molar-refractivity contribution >= 4 is 22.8 Å². The van der Waals surface area contributed by atoms with Gasteiger partial charge in [0.2, 0.25) is 0 Å². The molecule has 0 unspecified atom stereocenters. The molecule has 0 spiro atoms. The van der Waals surface area contributed by atoms with Gasteiger partial charge in [-0.1, -0.05) is 36.8 Å². The number of aromatic nitrogens is 2. The molecule has 1 heterocycles. The summed E-state index contributed by atoms with van der Waals surface area (Å²) in [6.07, 6.45) is 5.36. The molecule has 3 rings (SSSR count). The standard InChI is InChI=1S/C20H21N5O/c21-12-16-18(24-25-20(16)22)8-2-1-5-11-23-13-17-15-7-4-3-6-14(15)9-10-19(17)26/h3-4,6-7,9-10,13,26H,1-2,5,8,11H2,(H3,22,24,25). The van der Waals surface area contributed by atoms with Gasteiger partial charge in [-0.15, -0.1) is 0 Å². The van der Waals surface area contributed by atoms with E-state index in [2.05, 4.69) is 21.3 Å². The van der Waals surface area contributed by atoms with E-state index in [1.165, 1.54) is 0 Å². The molecule has 0 saturated heterocycles. The number of anilines is 1. The molecule has 0 radical (unpaired) electrons. The van der Waals surface area contributed by atoms with Gasteiger partial charge >= 0.3 is 0 Å². The second kappa shape index (κ2) is 8.17. The lowest BCUT2D eigenvalue weighted by molar-refractivity contribution is 0.475. The van der Waals surface area contributed by atoms with E-state index < -0.39 is 0 Å². The third kappa shape index (κ3) is 3.83. The quantitative estimate of drug-likeness (QED) is 0.448. The second-order valence-electron chi connectivity index (χ2n) is 6.14. The van der Waals surface area contributed by atoms with Crippen molar-refractivity contribution in [3.8, 4) is 11.8 Å². The Balaban J connectivity index is 1.50. The van der Waals surface area contributed by atoms with Crippen LogP contribution in [0.2, 0.25) is 0 Å². The normalized spacial score (nSPS) is 11.2. The van der Waals surface area contributed by atoms with Crippen LogP contribution in [-0.2, 0) is 6.42 Å². The van der Waals surface area contributed by atoms with Gasteiger partial charge in [0.1, 0.15) is 17.4 Å². The number of nitrogens with zero attached hydrogens (tertiary/aromatic N) is 3. The van der Waals surface area contributed by atoms with E-state index in [1.807, 2.05) is 30.3 Å². The molecule has 6 nitrogen and oxygen atoms in total. The van der Waals surface area contributed by atoms with E-state index in [-0.39, 0.29) is 11.6 Å². The minimum absolute atomic E-state index is 0.244. The summed E-state index contributed by atoms with van der Waals surface area (Å²) < 4.78 is 0. The summed E-state index contributed by atoms with van der Waals surface area (Å²) in [5.74, 6) is 0.510. The molecule has 4 N–H and O–H groups in total. The van der Waals surface area contributed by atoms with Gasteiger partial charge in [0.05, 0.1) is 5.69 Å². The molecule has 0 amide bonds. The Labute approximate surface area is 152 Å². The molecular formula is C20H21N5O. The average molecular weight is 347 g/mol. The van der Waals surface area contributed by atoms with Crippen molar-refractivity contribution in [1.82, 2.24) is 10.2 Å². The van der Waals surface area contributed by atoms with Crippen LogP contribution < -0.4 is 5.73 Å². The molecule has 0 aliphatic carbocycles. The molecule has 0 aliphatic heterocycles. The summed E-state index contributed by atoms with van der Waals surface area (Å²) >= 11 is 0. The Kier molecular flexibility index (Phi) is 5.49. The minimum atomic E-state index is 0.244. The molecule has 0 fully saturated rings. The molecule has 6 heteroatoms. The first kappa shape index (κ1) is 17.5. The van der Waals surface area contributed by atoms with Crippen LogP contribution in [-0.4, -0.2) is 28.1 Å². The van der Waals surface area contributed by atoms with E-state index in [1.54, 1.807) is 12.3 Å². The number of nitriles is 1. The molecule has 0 atom stereocenters. The fraction of sp³-hybridized carbons (Fsp3) is 0.250. The topological polar surface area (TPSA) is 111 Å². The highest BCUT2D eigenvalue weighted by molar-refractivity contribution is 6.02. The number of fused-ring (bicyclic) bond motifs is 1. The van der Waals surface area contributed by atoms with Crippen molar-refractivity contribution in [3.63, 3.8) is 0 Å². The zero-order valence-corrected chi connectivity index (χ0v) is 14.4. The number of unbranched alkanes of at least 4 members (excludes halogenated alkanes) is 2. The first-order valence-corrected chi connectivity index (χ1v) is 8.64. The summed E-state index contributed by atoms with van der Waals surface area (Å²) in [5, 5.41) is 27.9. The average Bonchev–Trinajstić information content (AvgIpc) is 3.02. The molecule has 1 aromatic heterocycles. The number of benzene rings is 2. The molecule has 26 heavy (non-hydrogen) atoms. The maximum absolute atomic E-state index is 10.1. The van der Waals surface area contributed by atoms with Gasteiger partial charge in [0.25, 0.3) is 0 Å². The number of hydrogen-bond acceptors (Lipinski definition) is 5. The molecule has 0 aliphatic rings. The lowest BCUT2D eigenvalue weighted by Gasteiger charge is -2.04. The van der Waals surface area contributed by atoms with E-state index in [9.17, 15) is 5.11 Å². The van der Waals surface area contributed by atoms with Crippen molar-refractivity contribution in [2.24, 2.45) is 4.99 Å². The lowest BCUT2D eigenvalue weighted by Crippen LogP contribution is -1.93. The van der Waals surface area contributed by atoms with Gasteiger partial charge in [-0.2, -0.15) is 10.4 Å². The summed E-state index contributed by atoms with van der Waals surface area (Å²) in [4.78, 5) is 4.46. The number of nitrogens with one attached hydrogen (secondary N) is 1. The molecular weight excluding hydrogens is 326 g/mol. The molecule has 0 saturated carbocycles. The predicted octanol–water partition coefficient (Wildman–Crippen LogP) is 3.55. The van der Waals surface area contributed by atoms with Crippen LogP contribution in [0.3, 0.4) is 0 Å². The highest BCUT2D eigenvalue weighted by Crippen LogP contribution is 2.25. The van der Waals surface area contributed by atoms with Gasteiger partial charge in [0.15, 0.2) is 5.82 Å². The number of hydrogen-bond donors (Lipinski definition) is 3. The Morgan fingerprint density at radius 3 is 2.88 bits per heavy atom. The maximum Gasteiger partial charge on any atom is 0.163 e. The Hall–Kier alpha value is -3.33. The number of phenols is 1. The van der Waals surface area contributed by atoms with Crippen LogP contribution in [0.1, 0.15) is 36.1 Å². The zero-order chi connectivity index (χ0) is 18.4. The van der Waals surface area contributed by atoms with E-state index in [0.717, 1.165) is 47.7 Å². The highest BCUT2D eigenvalue weighted by Gasteiger charge is 2.09. The lowest BCUT2D eigenvalue weighted by atomic mass is 10.0. The van der Waals surface area contributed by atoms with Crippen molar-refractivity contribution in [2.75, 3.05) is 12.3 Å². The first-order valence-electron chi connectivity index (χ1n) is 8.64. The summed E-state index contributed by atoms with van der Waals surface area (Å²) in [5.41, 5.74) is 7.64. The van der Waals surface area contributed by atoms with Gasteiger partial charge < -0.3 is 10.8 Å². The number of aliphatic imine (C=N–C) groups is 1. The van der Waals surface area contributed by atoms with Crippen LogP contribution in [0.25, 0.3) is 10.8 Å². The Morgan fingerprint density at radius 2 is 2.04 bits per heavy atom. The zero-order valence-electron chi connectivity index (χ0n) is 14.4. The van der Waals surface area contributed by atoms with Gasteiger partial charge in [-0.05, 0) is 36.1 Å². The number of nitrogens with two attached hydrogens (primary N) is 1. The van der Waals surface area contributed by atoms with Crippen molar-refractivity contribution < 1.29 is 5.11 Å². The first-order chi connectivity index (χ1) is 12.7. The van der Waals surface area contributed by atoms with Crippen LogP contribution in [0.4, 0.5) is 5.82 Å². The van der Waals surface area contributed by atoms with Gasteiger partial charge in [-0.3, -0.25) is 10.1 Å². The van der Waals surface area contributed by atoms with Gasteiger partial charge in [-0.25, -0.2) is 0 Å². The van der Waals surface area contributed by atoms with Gasteiger partial charge in [0, 0.05) is 18.3 Å². The third-order valence-electron chi connectivity index (χ3n) is 4.36. The molecule has 132 valence electrons. The van der Waals surface area contributed by atoms with E-state index >= 15 is 0 Å². The maximum atomic E-state index is 10.1. The van der Waals surface area contributed by atoms with Crippen LogP contribution >= 0.6 is 0 Å². The molecule has 3 aromatic rings. The highest BCUT2D eigenvalue weighted by atomic mass is 16.3. The number of H-pyrrole nitrogens is 1. The summed E-state index contributed by atoms with van der Waals surface area (Å²) in [7, 11) is 0. The molecule has 2 aromatic carbocycles. The van der Waals surface area contributed by atoms with Crippen molar-refractivity contribution in [3.05, 3.63) is 53.2 Å². The largest absolute Gasteiger partial charge is 0.507 e. The Morgan fingerprint density at radius 1 is 1.19 bits per heavy atom. The fourth-order valence-corrected chi connectivity index (χ4v) is 2.96. The van der Waals surface area contributed by atoms with Crippen molar-refractivity contribution in [1.29, 1.82) is 5.26 Å². The van der Waals surface area contributed by atoms with Crippen LogP contribution in [0.5, 0.6) is 5.75 Å². The van der Waals surface area contributed by atoms with E-state index in [4.69, 9.17) is 11.0 Å². The monoisotopic (exact) mass is 347 g/mol. The second-order valence-corrected chi connectivity index (χ2v) is 6.14. The number of aromatic amines is 1. The van der Waals surface area contributed by atoms with Crippen LogP contribution in [0.15, 0.2) is 41.4 Å². The predicted molar refractivity (Wildman–Crippen MR) is 103 cm³/mol. The smallest absolute Gasteiger partial charge is 0.163 e. The minimum Gasteiger partial charge on any atom is -0.507 e. The van der Waals surface area contributed by atoms with E-state index in [0.29, 0.717) is 12.1 Å². The van der Waals surface area contributed by atoms with Crippen molar-refractivity contribution in [2.45, 2.75) is 25.7 Å². The third-order valence-corrected chi connectivity index (χ3v) is 4.36. The SMILES string of the molecule is N#Cc1c(N)n[nH]c1CCCCCN=Cc1c(O)ccc2ccccc12. The Bertz CT molecular complexity index is 968. The summed E-state index contributed by atoms with van der Waals surface area (Å²) in [6, 6.07) is 13.6. The number of phenolic OH excluding ortho intramolecular Hbond substituents is 1. The number of rotatable bonds is 7. The number of aromatic hydroxyl groups is 1. The van der Waals surface area contributed by atoms with Crippen LogP contribution in [0, 0.1) is 11.3 Å². The summed E-state index contributed by atoms with van der Waals surface area (Å²) in [6.45, 7) is 0.693. The number of nitrogen functional groups attached to an aromatic ring is 1.